The monoisotopic (exact) mass is 286 g/mol. The van der Waals surface area contributed by atoms with Gasteiger partial charge in [0.05, 0.1) is 35.0 Å². The largest absolute Gasteiger partial charge is 0.394 e. The van der Waals surface area contributed by atoms with Crippen molar-refractivity contribution in [1.82, 2.24) is 0 Å². The Hall–Kier alpha value is -2.02. The summed E-state index contributed by atoms with van der Waals surface area (Å²) < 4.78 is 0. The quantitative estimate of drug-likeness (QED) is 0.887. The molecule has 2 N–H and O–H groups in total. The van der Waals surface area contributed by atoms with Gasteiger partial charge in [0.25, 0.3) is 0 Å². The zero-order valence-corrected chi connectivity index (χ0v) is 11.6. The summed E-state index contributed by atoms with van der Waals surface area (Å²) in [7, 11) is 0. The van der Waals surface area contributed by atoms with Gasteiger partial charge in [-0.15, -0.1) is 0 Å². The van der Waals surface area contributed by atoms with Crippen LogP contribution < -0.4 is 5.32 Å². The zero-order chi connectivity index (χ0) is 14.4. The van der Waals surface area contributed by atoms with E-state index in [9.17, 15) is 5.11 Å². The van der Waals surface area contributed by atoms with Crippen LogP contribution in [-0.2, 0) is 6.42 Å². The summed E-state index contributed by atoms with van der Waals surface area (Å²) in [5.41, 5.74) is 2.38. The lowest BCUT2D eigenvalue weighted by Crippen LogP contribution is -2.26. The molecule has 4 heteroatoms. The number of nitrogens with one attached hydrogen (secondary N) is 1. The highest BCUT2D eigenvalue weighted by atomic mass is 35.5. The second-order valence-corrected chi connectivity index (χ2v) is 4.93. The number of nitriles is 1. The first-order chi connectivity index (χ1) is 9.72. The summed E-state index contributed by atoms with van der Waals surface area (Å²) in [6.45, 7) is 0.00518. The van der Waals surface area contributed by atoms with Crippen molar-refractivity contribution in [3.05, 3.63) is 64.7 Å². The first-order valence-corrected chi connectivity index (χ1v) is 6.71. The van der Waals surface area contributed by atoms with Crippen LogP contribution in [0.2, 0.25) is 5.02 Å². The van der Waals surface area contributed by atoms with E-state index in [2.05, 4.69) is 5.32 Å². The van der Waals surface area contributed by atoms with Crippen LogP contribution in [0.25, 0.3) is 0 Å². The van der Waals surface area contributed by atoms with Crippen molar-refractivity contribution in [2.45, 2.75) is 12.5 Å². The average Bonchev–Trinajstić information content (AvgIpc) is 2.49. The van der Waals surface area contributed by atoms with Gasteiger partial charge in [-0.25, -0.2) is 0 Å². The molecule has 0 aromatic heterocycles. The summed E-state index contributed by atoms with van der Waals surface area (Å²) in [6.07, 6.45) is 0.702. The van der Waals surface area contributed by atoms with Gasteiger partial charge in [-0.1, -0.05) is 41.9 Å². The number of anilines is 1. The standard InChI is InChI=1S/C16H15ClN2O/c17-15-9-13(10-18)6-7-16(15)19-14(11-20)8-12-4-2-1-3-5-12/h1-7,9,14,19-20H,8,11H2. The van der Waals surface area contributed by atoms with Gasteiger partial charge < -0.3 is 10.4 Å². The van der Waals surface area contributed by atoms with E-state index >= 15 is 0 Å². The molecule has 0 bridgehead atoms. The van der Waals surface area contributed by atoms with Gasteiger partial charge in [-0.2, -0.15) is 5.26 Å². The zero-order valence-electron chi connectivity index (χ0n) is 10.9. The Balaban J connectivity index is 2.09. The molecule has 3 nitrogen and oxygen atoms in total. The van der Waals surface area contributed by atoms with E-state index in [-0.39, 0.29) is 12.6 Å². The minimum Gasteiger partial charge on any atom is -0.394 e. The predicted octanol–water partition coefficient (Wildman–Crippen LogP) is 3.23. The third-order valence-electron chi connectivity index (χ3n) is 3.00. The number of hydrogen-bond donors (Lipinski definition) is 2. The van der Waals surface area contributed by atoms with Gasteiger partial charge in [0, 0.05) is 0 Å². The normalized spacial score (nSPS) is 11.7. The summed E-state index contributed by atoms with van der Waals surface area (Å²) in [5.74, 6) is 0. The molecule has 0 aliphatic rings. The fourth-order valence-corrected chi connectivity index (χ4v) is 2.22. The Kier molecular flexibility index (Phi) is 5.00. The molecule has 0 amide bonds. The van der Waals surface area contributed by atoms with Crippen LogP contribution in [0.15, 0.2) is 48.5 Å². The third-order valence-corrected chi connectivity index (χ3v) is 3.32. The number of benzene rings is 2. The summed E-state index contributed by atoms with van der Waals surface area (Å²) in [4.78, 5) is 0. The van der Waals surface area contributed by atoms with Crippen molar-refractivity contribution in [3.63, 3.8) is 0 Å². The first kappa shape index (κ1) is 14.4. The Morgan fingerprint density at radius 1 is 1.20 bits per heavy atom. The van der Waals surface area contributed by atoms with E-state index in [1.54, 1.807) is 18.2 Å². The van der Waals surface area contributed by atoms with Crippen molar-refractivity contribution in [2.24, 2.45) is 0 Å². The molecule has 0 spiro atoms. The molecule has 0 radical (unpaired) electrons. The van der Waals surface area contributed by atoms with Gasteiger partial charge in [0.2, 0.25) is 0 Å². The minimum absolute atomic E-state index is 0.00518. The Labute approximate surface area is 123 Å². The second kappa shape index (κ2) is 6.95. The highest BCUT2D eigenvalue weighted by molar-refractivity contribution is 6.33. The Morgan fingerprint density at radius 2 is 1.95 bits per heavy atom. The number of hydrogen-bond acceptors (Lipinski definition) is 3. The van der Waals surface area contributed by atoms with E-state index in [0.717, 1.165) is 11.3 Å². The van der Waals surface area contributed by atoms with Crippen LogP contribution in [0.1, 0.15) is 11.1 Å². The lowest BCUT2D eigenvalue weighted by Gasteiger charge is -2.18. The molecule has 2 aromatic carbocycles. The van der Waals surface area contributed by atoms with Crippen LogP contribution in [0.4, 0.5) is 5.69 Å². The minimum atomic E-state index is -0.122. The molecule has 0 saturated heterocycles. The second-order valence-electron chi connectivity index (χ2n) is 4.52. The number of nitrogens with zero attached hydrogens (tertiary/aromatic N) is 1. The van der Waals surface area contributed by atoms with E-state index in [4.69, 9.17) is 16.9 Å². The van der Waals surface area contributed by atoms with Crippen LogP contribution in [0.3, 0.4) is 0 Å². The average molecular weight is 287 g/mol. The van der Waals surface area contributed by atoms with Gasteiger partial charge in [0.1, 0.15) is 0 Å². The molecule has 1 atom stereocenters. The Bertz CT molecular complexity index is 608. The van der Waals surface area contributed by atoms with Crippen molar-refractivity contribution in [3.8, 4) is 6.07 Å². The van der Waals surface area contributed by atoms with Crippen molar-refractivity contribution in [1.29, 1.82) is 5.26 Å². The van der Waals surface area contributed by atoms with Gasteiger partial charge in [0.15, 0.2) is 0 Å². The molecule has 2 rings (SSSR count). The van der Waals surface area contributed by atoms with Crippen molar-refractivity contribution >= 4 is 17.3 Å². The van der Waals surface area contributed by atoms with Crippen LogP contribution in [0.5, 0.6) is 0 Å². The lowest BCUT2D eigenvalue weighted by molar-refractivity contribution is 0.273. The topological polar surface area (TPSA) is 56.0 Å². The maximum absolute atomic E-state index is 9.48. The van der Waals surface area contributed by atoms with Crippen molar-refractivity contribution in [2.75, 3.05) is 11.9 Å². The van der Waals surface area contributed by atoms with Crippen LogP contribution in [0, 0.1) is 11.3 Å². The molecule has 0 fully saturated rings. The number of aliphatic hydroxyl groups excluding tert-OH is 1. The van der Waals surface area contributed by atoms with E-state index in [1.807, 2.05) is 36.4 Å². The highest BCUT2D eigenvalue weighted by Gasteiger charge is 2.10. The van der Waals surface area contributed by atoms with E-state index < -0.39 is 0 Å². The van der Waals surface area contributed by atoms with E-state index in [1.165, 1.54) is 0 Å². The molecule has 0 saturated carbocycles. The molecule has 102 valence electrons. The molecule has 2 aromatic rings. The number of rotatable bonds is 5. The third kappa shape index (κ3) is 3.74. The van der Waals surface area contributed by atoms with Gasteiger partial charge in [-0.3, -0.25) is 0 Å². The molecular formula is C16H15ClN2O. The molecule has 1 unspecified atom stereocenters. The lowest BCUT2D eigenvalue weighted by atomic mass is 10.1. The van der Waals surface area contributed by atoms with Crippen LogP contribution in [-0.4, -0.2) is 17.8 Å². The summed E-state index contributed by atoms with van der Waals surface area (Å²) in [6, 6.07) is 16.9. The maximum atomic E-state index is 9.48. The molecule has 0 heterocycles. The smallest absolute Gasteiger partial charge is 0.0992 e. The SMILES string of the molecule is N#Cc1ccc(NC(CO)Cc2ccccc2)c(Cl)c1. The van der Waals surface area contributed by atoms with Gasteiger partial charge >= 0.3 is 0 Å². The first-order valence-electron chi connectivity index (χ1n) is 6.34. The highest BCUT2D eigenvalue weighted by Crippen LogP contribution is 2.24. The number of aliphatic hydroxyl groups is 1. The summed E-state index contributed by atoms with van der Waals surface area (Å²) >= 11 is 6.12. The predicted molar refractivity (Wildman–Crippen MR) is 80.8 cm³/mol. The van der Waals surface area contributed by atoms with E-state index in [0.29, 0.717) is 17.0 Å². The van der Waals surface area contributed by atoms with Crippen molar-refractivity contribution < 1.29 is 5.11 Å². The van der Waals surface area contributed by atoms with Crippen LogP contribution >= 0.6 is 11.6 Å². The van der Waals surface area contributed by atoms with Gasteiger partial charge in [-0.05, 0) is 30.2 Å². The molecule has 0 aliphatic carbocycles. The molecule has 20 heavy (non-hydrogen) atoms. The summed E-state index contributed by atoms with van der Waals surface area (Å²) in [5, 5.41) is 22.0. The fraction of sp³-hybridized carbons (Fsp3) is 0.188. The number of halogens is 1. The Morgan fingerprint density at radius 3 is 2.55 bits per heavy atom. The molecule has 0 aliphatic heterocycles. The maximum Gasteiger partial charge on any atom is 0.0992 e. The molecular weight excluding hydrogens is 272 g/mol. The fourth-order valence-electron chi connectivity index (χ4n) is 1.98.